The summed E-state index contributed by atoms with van der Waals surface area (Å²) in [4.78, 5) is 27.9. The van der Waals surface area contributed by atoms with E-state index in [0.717, 1.165) is 42.9 Å². The third-order valence-electron chi connectivity index (χ3n) is 6.00. The van der Waals surface area contributed by atoms with Crippen LogP contribution in [0.25, 0.3) is 0 Å². The number of hydrogen-bond donors (Lipinski definition) is 1. The van der Waals surface area contributed by atoms with Gasteiger partial charge in [0.25, 0.3) is 5.91 Å². The Hall–Kier alpha value is -3.13. The minimum atomic E-state index is -0.796. The summed E-state index contributed by atoms with van der Waals surface area (Å²) in [5.41, 5.74) is 7.39. The Morgan fingerprint density at radius 2 is 1.84 bits per heavy atom. The topological polar surface area (TPSA) is 102 Å². The number of nitro benzene ring substituents is 1. The van der Waals surface area contributed by atoms with Gasteiger partial charge >= 0.3 is 5.69 Å². The summed E-state index contributed by atoms with van der Waals surface area (Å²) in [5, 5.41) is 12.0. The first-order chi connectivity index (χ1) is 15.4. The van der Waals surface area contributed by atoms with Crippen molar-refractivity contribution in [1.29, 1.82) is 0 Å². The van der Waals surface area contributed by atoms with Crippen molar-refractivity contribution >= 4 is 17.3 Å². The Morgan fingerprint density at radius 1 is 1.16 bits per heavy atom. The number of methoxy groups -OCH3 is 1. The molecule has 0 unspecified atom stereocenters. The smallest absolute Gasteiger partial charge is 0.305 e. The van der Waals surface area contributed by atoms with Gasteiger partial charge in [0.1, 0.15) is 17.0 Å². The van der Waals surface area contributed by atoms with E-state index in [2.05, 4.69) is 4.90 Å². The molecule has 172 valence electrons. The third-order valence-corrected chi connectivity index (χ3v) is 6.00. The molecule has 8 nitrogen and oxygen atoms in total. The molecular weight excluding hydrogens is 408 g/mol. The van der Waals surface area contributed by atoms with Gasteiger partial charge in [0.05, 0.1) is 12.0 Å². The summed E-state index contributed by atoms with van der Waals surface area (Å²) in [6.07, 6.45) is 4.60. The number of hydrogen-bond acceptors (Lipinski definition) is 6. The molecular formula is C24H32N4O4. The van der Waals surface area contributed by atoms with Gasteiger partial charge in [-0.2, -0.15) is 0 Å². The number of carbonyl (C=O) groups excluding carboxylic acids is 1. The molecule has 2 aromatic rings. The van der Waals surface area contributed by atoms with E-state index in [9.17, 15) is 14.9 Å². The summed E-state index contributed by atoms with van der Waals surface area (Å²) >= 11 is 0. The molecule has 1 fully saturated rings. The number of rotatable bonds is 10. The second-order valence-corrected chi connectivity index (χ2v) is 8.27. The van der Waals surface area contributed by atoms with Crippen LogP contribution in [0.1, 0.15) is 47.2 Å². The van der Waals surface area contributed by atoms with Crippen LogP contribution in [0.4, 0.5) is 11.4 Å². The Morgan fingerprint density at radius 3 is 2.44 bits per heavy atom. The van der Waals surface area contributed by atoms with Gasteiger partial charge < -0.3 is 20.3 Å². The van der Waals surface area contributed by atoms with Crippen LogP contribution < -0.4 is 15.4 Å². The van der Waals surface area contributed by atoms with Crippen molar-refractivity contribution in [3.63, 3.8) is 0 Å². The number of aryl methyl sites for hydroxylation is 1. The number of benzene rings is 2. The Balaban J connectivity index is 1.92. The maximum Gasteiger partial charge on any atom is 0.305 e. The molecule has 0 bridgehead atoms. The fraction of sp³-hybridized carbons (Fsp3) is 0.458. The molecule has 0 aromatic heterocycles. The molecule has 2 N–H and O–H groups in total. The van der Waals surface area contributed by atoms with E-state index < -0.39 is 10.8 Å². The molecule has 1 aliphatic rings. The van der Waals surface area contributed by atoms with Crippen LogP contribution >= 0.6 is 0 Å². The molecule has 0 atom stereocenters. The predicted octanol–water partition coefficient (Wildman–Crippen LogP) is 3.89. The van der Waals surface area contributed by atoms with Crippen LogP contribution in [0.3, 0.4) is 0 Å². The van der Waals surface area contributed by atoms with Crippen LogP contribution in [-0.2, 0) is 6.54 Å². The number of ether oxygens (including phenoxy) is 1. The molecule has 8 heteroatoms. The lowest BCUT2D eigenvalue weighted by Crippen LogP contribution is -2.34. The molecule has 0 radical (unpaired) electrons. The van der Waals surface area contributed by atoms with Gasteiger partial charge in [-0.15, -0.1) is 0 Å². The van der Waals surface area contributed by atoms with Crippen molar-refractivity contribution in [1.82, 2.24) is 4.90 Å². The standard InChI is InChI=1S/C24H32N4O4/c1-18-7-12-21(24(25)29)23(28(30)31)22(18)27(16-6-15-26-13-4-3-5-14-26)17-19-8-10-20(32-2)11-9-19/h7-12H,3-6,13-17H2,1-2H3,(H2,25,29). The fourth-order valence-corrected chi connectivity index (χ4v) is 4.35. The summed E-state index contributed by atoms with van der Waals surface area (Å²) in [6.45, 7) is 6.10. The quantitative estimate of drug-likeness (QED) is 0.444. The number of nitrogens with two attached hydrogens (primary N) is 1. The van der Waals surface area contributed by atoms with Gasteiger partial charge in [-0.25, -0.2) is 0 Å². The number of anilines is 1. The minimum Gasteiger partial charge on any atom is -0.497 e. The fourth-order valence-electron chi connectivity index (χ4n) is 4.35. The molecule has 3 rings (SSSR count). The molecule has 1 saturated heterocycles. The molecule has 1 amide bonds. The number of amides is 1. The summed E-state index contributed by atoms with van der Waals surface area (Å²) in [5.74, 6) is -0.0426. The third kappa shape index (κ3) is 5.76. The van der Waals surface area contributed by atoms with Crippen LogP contribution in [0.2, 0.25) is 0 Å². The van der Waals surface area contributed by atoms with Gasteiger partial charge in [-0.3, -0.25) is 14.9 Å². The zero-order valence-electron chi connectivity index (χ0n) is 18.9. The minimum absolute atomic E-state index is 0.0636. The zero-order chi connectivity index (χ0) is 23.1. The van der Waals surface area contributed by atoms with E-state index in [-0.39, 0.29) is 11.3 Å². The number of primary amides is 1. The summed E-state index contributed by atoms with van der Waals surface area (Å²) in [6, 6.07) is 10.8. The summed E-state index contributed by atoms with van der Waals surface area (Å²) < 4.78 is 5.24. The van der Waals surface area contributed by atoms with E-state index >= 15 is 0 Å². The first kappa shape index (κ1) is 23.5. The Kier molecular flexibility index (Phi) is 8.05. The lowest BCUT2D eigenvalue weighted by molar-refractivity contribution is -0.384. The number of piperidine rings is 1. The van der Waals surface area contributed by atoms with Gasteiger partial charge in [0.15, 0.2) is 0 Å². The monoisotopic (exact) mass is 440 g/mol. The van der Waals surface area contributed by atoms with E-state index in [0.29, 0.717) is 18.8 Å². The highest BCUT2D eigenvalue weighted by atomic mass is 16.6. The highest BCUT2D eigenvalue weighted by Crippen LogP contribution is 2.36. The largest absolute Gasteiger partial charge is 0.497 e. The van der Waals surface area contributed by atoms with E-state index in [1.165, 1.54) is 25.3 Å². The highest BCUT2D eigenvalue weighted by Gasteiger charge is 2.28. The van der Waals surface area contributed by atoms with Crippen molar-refractivity contribution in [3.05, 3.63) is 63.2 Å². The van der Waals surface area contributed by atoms with Gasteiger partial charge in [-0.05, 0) is 75.1 Å². The first-order valence-electron chi connectivity index (χ1n) is 11.1. The maximum atomic E-state index is 12.0. The number of carbonyl (C=O) groups is 1. The Labute approximate surface area is 189 Å². The van der Waals surface area contributed by atoms with E-state index in [1.807, 2.05) is 36.1 Å². The van der Waals surface area contributed by atoms with Crippen molar-refractivity contribution < 1.29 is 14.5 Å². The molecule has 0 aliphatic carbocycles. The SMILES string of the molecule is COc1ccc(CN(CCCN2CCCCC2)c2c(C)ccc(C(N)=O)c2[N+](=O)[O-])cc1. The maximum absolute atomic E-state index is 12.0. The van der Waals surface area contributed by atoms with Crippen molar-refractivity contribution in [2.75, 3.05) is 38.2 Å². The van der Waals surface area contributed by atoms with Crippen LogP contribution in [0, 0.1) is 17.0 Å². The molecule has 0 saturated carbocycles. The van der Waals surface area contributed by atoms with Crippen LogP contribution in [0.5, 0.6) is 5.75 Å². The number of likely N-dealkylation sites (tertiary alicyclic amines) is 1. The second-order valence-electron chi connectivity index (χ2n) is 8.27. The molecule has 1 aliphatic heterocycles. The van der Waals surface area contributed by atoms with E-state index in [4.69, 9.17) is 10.5 Å². The van der Waals surface area contributed by atoms with Gasteiger partial charge in [-0.1, -0.05) is 24.6 Å². The van der Waals surface area contributed by atoms with Crippen molar-refractivity contribution in [2.24, 2.45) is 5.73 Å². The van der Waals surface area contributed by atoms with Crippen molar-refractivity contribution in [3.8, 4) is 5.75 Å². The second kappa shape index (κ2) is 10.9. The number of nitro groups is 1. The Bertz CT molecular complexity index is 940. The van der Waals surface area contributed by atoms with Crippen LogP contribution in [0.15, 0.2) is 36.4 Å². The molecule has 0 spiro atoms. The average molecular weight is 441 g/mol. The zero-order valence-corrected chi connectivity index (χ0v) is 18.9. The lowest BCUT2D eigenvalue weighted by atomic mass is 10.0. The predicted molar refractivity (Wildman–Crippen MR) is 125 cm³/mol. The van der Waals surface area contributed by atoms with E-state index in [1.54, 1.807) is 13.2 Å². The van der Waals surface area contributed by atoms with Gasteiger partial charge in [0.2, 0.25) is 0 Å². The van der Waals surface area contributed by atoms with Gasteiger partial charge in [0, 0.05) is 13.1 Å². The number of nitrogens with zero attached hydrogens (tertiary/aromatic N) is 3. The summed E-state index contributed by atoms with van der Waals surface area (Å²) in [7, 11) is 1.62. The average Bonchev–Trinajstić information content (AvgIpc) is 2.79. The highest BCUT2D eigenvalue weighted by molar-refractivity contribution is 6.00. The van der Waals surface area contributed by atoms with Crippen LogP contribution in [-0.4, -0.2) is 49.0 Å². The molecule has 1 heterocycles. The normalized spacial score (nSPS) is 14.2. The first-order valence-corrected chi connectivity index (χ1v) is 11.1. The van der Waals surface area contributed by atoms with Crippen molar-refractivity contribution in [2.45, 2.75) is 39.2 Å². The molecule has 2 aromatic carbocycles. The lowest BCUT2D eigenvalue weighted by Gasteiger charge is -2.30. The molecule has 32 heavy (non-hydrogen) atoms.